The van der Waals surface area contributed by atoms with Crippen molar-refractivity contribution in [3.8, 4) is 40.0 Å². The first-order valence-electron chi connectivity index (χ1n) is 10.9. The number of nitrogens with one attached hydrogen (secondary N) is 1. The third-order valence-corrected chi connectivity index (χ3v) is 6.13. The topological polar surface area (TPSA) is 108 Å². The van der Waals surface area contributed by atoms with Crippen LogP contribution in [0.4, 0.5) is 13.9 Å². The van der Waals surface area contributed by atoms with Gasteiger partial charge in [0.15, 0.2) is 5.01 Å². The average molecular weight is 508 g/mol. The van der Waals surface area contributed by atoms with Crippen molar-refractivity contribution in [3.63, 3.8) is 0 Å². The highest BCUT2D eigenvalue weighted by Crippen LogP contribution is 2.36. The molecule has 1 aliphatic rings. The van der Waals surface area contributed by atoms with Gasteiger partial charge in [0.05, 0.1) is 30.8 Å². The summed E-state index contributed by atoms with van der Waals surface area (Å²) >= 11 is 1.15. The minimum atomic E-state index is -2.80. The Balaban J connectivity index is 1.55. The molecule has 0 unspecified atom stereocenters. The Labute approximate surface area is 208 Å². The molecule has 1 N–H and O–H groups in total. The van der Waals surface area contributed by atoms with Crippen LogP contribution in [0.1, 0.15) is 40.3 Å². The average Bonchev–Trinajstić information content (AvgIpc) is 3.44. The van der Waals surface area contributed by atoms with Gasteiger partial charge < -0.3 is 4.74 Å². The van der Waals surface area contributed by atoms with Crippen molar-refractivity contribution in [2.45, 2.75) is 19.3 Å². The predicted octanol–water partition coefficient (Wildman–Crippen LogP) is 4.36. The Kier molecular flexibility index (Phi) is 6.39. The molecule has 4 aromatic heterocycles. The van der Waals surface area contributed by atoms with E-state index in [4.69, 9.17) is 4.74 Å². The van der Waals surface area contributed by atoms with E-state index in [9.17, 15) is 13.6 Å². The lowest BCUT2D eigenvalue weighted by atomic mass is 9.98. The van der Waals surface area contributed by atoms with Gasteiger partial charge in [-0.05, 0) is 30.9 Å². The molecule has 0 radical (unpaired) electrons. The molecular formula is C24H19F2N7O2S. The minimum Gasteiger partial charge on any atom is -0.494 e. The summed E-state index contributed by atoms with van der Waals surface area (Å²) in [6.07, 6.45) is 5.33. The summed E-state index contributed by atoms with van der Waals surface area (Å²) in [5.41, 5.74) is 1.49. The van der Waals surface area contributed by atoms with Crippen molar-refractivity contribution >= 4 is 22.4 Å². The van der Waals surface area contributed by atoms with E-state index in [2.05, 4.69) is 42.4 Å². The minimum absolute atomic E-state index is 0.133. The predicted molar refractivity (Wildman–Crippen MR) is 129 cm³/mol. The number of hydrogen-bond acceptors (Lipinski definition) is 8. The molecule has 0 spiro atoms. The summed E-state index contributed by atoms with van der Waals surface area (Å²) in [4.78, 5) is 21.5. The molecule has 4 aromatic rings. The largest absolute Gasteiger partial charge is 0.494 e. The van der Waals surface area contributed by atoms with Crippen LogP contribution in [0.25, 0.3) is 22.4 Å². The van der Waals surface area contributed by atoms with Gasteiger partial charge in [-0.3, -0.25) is 24.8 Å². The monoisotopic (exact) mass is 507 g/mol. The number of hydrogen-bond donors (Lipinski definition) is 1. The fourth-order valence-corrected chi connectivity index (χ4v) is 4.00. The van der Waals surface area contributed by atoms with Crippen LogP contribution in [-0.2, 0) is 7.05 Å². The molecule has 36 heavy (non-hydrogen) atoms. The Morgan fingerprint density at radius 2 is 2.03 bits per heavy atom. The molecule has 1 saturated carbocycles. The first-order valence-corrected chi connectivity index (χ1v) is 11.7. The first-order chi connectivity index (χ1) is 17.4. The first kappa shape index (κ1) is 23.5. The summed E-state index contributed by atoms with van der Waals surface area (Å²) in [7, 11) is 3.16. The number of alkyl halides is 2. The maximum atomic E-state index is 13.5. The summed E-state index contributed by atoms with van der Waals surface area (Å²) in [5.74, 6) is 6.17. The number of amides is 1. The second-order valence-corrected chi connectivity index (χ2v) is 9.02. The van der Waals surface area contributed by atoms with Gasteiger partial charge in [0.25, 0.3) is 12.3 Å². The van der Waals surface area contributed by atoms with Gasteiger partial charge in [-0.1, -0.05) is 17.3 Å². The highest BCUT2D eigenvalue weighted by Gasteiger charge is 2.22. The highest BCUT2D eigenvalue weighted by atomic mass is 32.1. The number of rotatable bonds is 6. The molecule has 0 aromatic carbocycles. The number of nitrogens with zero attached hydrogens (tertiary/aromatic N) is 6. The van der Waals surface area contributed by atoms with Crippen LogP contribution in [0, 0.1) is 17.8 Å². The Morgan fingerprint density at radius 3 is 2.72 bits per heavy atom. The van der Waals surface area contributed by atoms with E-state index in [1.54, 1.807) is 30.2 Å². The maximum absolute atomic E-state index is 13.5. The van der Waals surface area contributed by atoms with E-state index in [1.807, 2.05) is 0 Å². The van der Waals surface area contributed by atoms with Gasteiger partial charge in [-0.15, -0.1) is 10.2 Å². The number of anilines is 1. The third-order valence-electron chi connectivity index (χ3n) is 5.38. The molecule has 1 fully saturated rings. The lowest BCUT2D eigenvalue weighted by molar-refractivity contribution is 0.102. The zero-order chi connectivity index (χ0) is 25.2. The number of ether oxygens (including phenoxy) is 1. The van der Waals surface area contributed by atoms with Gasteiger partial charge >= 0.3 is 0 Å². The Bertz CT molecular complexity index is 1500. The van der Waals surface area contributed by atoms with Gasteiger partial charge in [-0.25, -0.2) is 8.78 Å². The summed E-state index contributed by atoms with van der Waals surface area (Å²) in [6.45, 7) is 0. The molecular weight excluding hydrogens is 488 g/mol. The highest BCUT2D eigenvalue weighted by molar-refractivity contribution is 7.15. The van der Waals surface area contributed by atoms with Crippen LogP contribution in [-0.4, -0.2) is 43.0 Å². The van der Waals surface area contributed by atoms with Crippen LogP contribution >= 0.6 is 11.3 Å². The van der Waals surface area contributed by atoms with Crippen molar-refractivity contribution < 1.29 is 18.3 Å². The Morgan fingerprint density at radius 1 is 1.19 bits per heavy atom. The summed E-state index contributed by atoms with van der Waals surface area (Å²) < 4.78 is 34.0. The summed E-state index contributed by atoms with van der Waals surface area (Å²) in [6, 6.07) is 2.84. The zero-order valence-electron chi connectivity index (χ0n) is 19.2. The Hall–Kier alpha value is -4.24. The van der Waals surface area contributed by atoms with Gasteiger partial charge in [-0.2, -0.15) is 5.10 Å². The molecule has 0 aliphatic heterocycles. The van der Waals surface area contributed by atoms with E-state index in [-0.39, 0.29) is 22.0 Å². The van der Waals surface area contributed by atoms with Gasteiger partial charge in [0.1, 0.15) is 11.4 Å². The lowest BCUT2D eigenvalue weighted by Gasteiger charge is -2.14. The standard InChI is InChI=1S/C24H19F2N7O2S/c1-33-12-14(9-29-33)18-7-15(16-8-19(22(25)26)28-11-20(16)35-2)17(10-27-18)23(34)30-24-32-31-21(36-24)6-5-13-3-4-13/h7-13,22H,3-4H2,1-2H3,(H,30,32,34). The summed E-state index contributed by atoms with van der Waals surface area (Å²) in [5, 5.41) is 15.6. The lowest BCUT2D eigenvalue weighted by Crippen LogP contribution is -2.14. The fourth-order valence-electron chi connectivity index (χ4n) is 3.40. The zero-order valence-corrected chi connectivity index (χ0v) is 20.0. The van der Waals surface area contributed by atoms with Crippen molar-refractivity contribution in [1.29, 1.82) is 0 Å². The number of carbonyl (C=O) groups is 1. The normalized spacial score (nSPS) is 12.8. The molecule has 0 bridgehead atoms. The van der Waals surface area contributed by atoms with E-state index >= 15 is 0 Å². The number of aromatic nitrogens is 6. The van der Waals surface area contributed by atoms with Crippen LogP contribution in [0.5, 0.6) is 5.75 Å². The van der Waals surface area contributed by atoms with E-state index in [0.29, 0.717) is 27.7 Å². The molecule has 1 aliphatic carbocycles. The third kappa shape index (κ3) is 5.06. The van der Waals surface area contributed by atoms with E-state index < -0.39 is 18.0 Å². The second-order valence-electron chi connectivity index (χ2n) is 8.04. The van der Waals surface area contributed by atoms with Crippen molar-refractivity contribution in [3.05, 3.63) is 53.2 Å². The van der Waals surface area contributed by atoms with Crippen molar-refractivity contribution in [2.24, 2.45) is 13.0 Å². The molecule has 4 heterocycles. The fraction of sp³-hybridized carbons (Fsp3) is 0.250. The maximum Gasteiger partial charge on any atom is 0.280 e. The van der Waals surface area contributed by atoms with Crippen LogP contribution in [0.15, 0.2) is 36.9 Å². The van der Waals surface area contributed by atoms with Crippen LogP contribution in [0.3, 0.4) is 0 Å². The SMILES string of the molecule is COc1cnc(C(F)F)cc1-c1cc(-c2cnn(C)c2)ncc1C(=O)Nc1nnc(C#CC2CC2)s1. The van der Waals surface area contributed by atoms with Crippen molar-refractivity contribution in [2.75, 3.05) is 12.4 Å². The van der Waals surface area contributed by atoms with Gasteiger partial charge in [0, 0.05) is 42.0 Å². The molecule has 0 saturated heterocycles. The molecule has 12 heteroatoms. The molecule has 1 amide bonds. The number of aryl methyl sites for hydroxylation is 1. The van der Waals surface area contributed by atoms with E-state index in [0.717, 1.165) is 24.2 Å². The van der Waals surface area contributed by atoms with Gasteiger partial charge in [0.2, 0.25) is 5.13 Å². The number of pyridine rings is 2. The molecule has 5 rings (SSSR count). The van der Waals surface area contributed by atoms with E-state index in [1.165, 1.54) is 25.6 Å². The second kappa shape index (κ2) is 9.79. The smallest absolute Gasteiger partial charge is 0.280 e. The van der Waals surface area contributed by atoms with Crippen molar-refractivity contribution in [1.82, 2.24) is 29.9 Å². The van der Waals surface area contributed by atoms with Crippen LogP contribution in [0.2, 0.25) is 0 Å². The number of carbonyl (C=O) groups excluding carboxylic acids is 1. The molecule has 0 atom stereocenters. The number of halogens is 2. The van der Waals surface area contributed by atoms with Crippen LogP contribution < -0.4 is 10.1 Å². The molecule has 9 nitrogen and oxygen atoms in total. The number of methoxy groups -OCH3 is 1. The quantitative estimate of drug-likeness (QED) is 0.387. The molecule has 182 valence electrons.